The van der Waals surface area contributed by atoms with Crippen molar-refractivity contribution in [1.82, 2.24) is 0 Å². The van der Waals surface area contributed by atoms with Gasteiger partial charge in [-0.25, -0.2) is 4.79 Å². The highest BCUT2D eigenvalue weighted by molar-refractivity contribution is 5.98. The maximum Gasteiger partial charge on any atom is 0.342 e. The van der Waals surface area contributed by atoms with Crippen molar-refractivity contribution in [2.75, 3.05) is 14.2 Å². The lowest BCUT2D eigenvalue weighted by atomic mass is 9.94. The predicted octanol–water partition coefficient (Wildman–Crippen LogP) is 3.04. The van der Waals surface area contributed by atoms with Crippen LogP contribution in [0.3, 0.4) is 0 Å². The predicted molar refractivity (Wildman–Crippen MR) is 87.7 cm³/mol. The molecule has 0 unspecified atom stereocenters. The third-order valence-electron chi connectivity index (χ3n) is 4.22. The van der Waals surface area contributed by atoms with Crippen LogP contribution in [0, 0.1) is 6.92 Å². The van der Waals surface area contributed by atoms with Gasteiger partial charge in [0.25, 0.3) is 0 Å². The fourth-order valence-electron chi connectivity index (χ4n) is 2.92. The lowest BCUT2D eigenvalue weighted by molar-refractivity contribution is -0.136. The van der Waals surface area contributed by atoms with E-state index in [1.165, 1.54) is 7.11 Å². The van der Waals surface area contributed by atoms with Gasteiger partial charge >= 0.3 is 11.9 Å². The average Bonchev–Trinajstić information content (AvgIpc) is 2.93. The van der Waals surface area contributed by atoms with Gasteiger partial charge in [-0.2, -0.15) is 0 Å². The molecule has 24 heavy (non-hydrogen) atoms. The summed E-state index contributed by atoms with van der Waals surface area (Å²) >= 11 is 0. The summed E-state index contributed by atoms with van der Waals surface area (Å²) in [5.74, 6) is -0.0714. The standard InChI is InChI=1S/C18H22O6/c1-10(6-8-14(19)20)5-7-12-16(22-3)11(2)13-9-24-18(21)15(13)17(12)23-4/h5H,6-9H2,1-4H3,(H,19,20). The summed E-state index contributed by atoms with van der Waals surface area (Å²) in [4.78, 5) is 22.7. The molecule has 0 aliphatic carbocycles. The maximum atomic E-state index is 12.0. The number of rotatable bonds is 7. The number of methoxy groups -OCH3 is 2. The van der Waals surface area contributed by atoms with Crippen molar-refractivity contribution in [2.24, 2.45) is 0 Å². The first-order valence-electron chi connectivity index (χ1n) is 7.71. The number of fused-ring (bicyclic) bond motifs is 1. The van der Waals surface area contributed by atoms with Gasteiger partial charge in [-0.15, -0.1) is 0 Å². The highest BCUT2D eigenvalue weighted by Gasteiger charge is 2.32. The number of allylic oxidation sites excluding steroid dienone is 2. The van der Waals surface area contributed by atoms with Gasteiger partial charge in [0.1, 0.15) is 23.7 Å². The Labute approximate surface area is 141 Å². The Kier molecular flexibility index (Phi) is 5.49. The molecule has 0 atom stereocenters. The van der Waals surface area contributed by atoms with Crippen LogP contribution in [-0.2, 0) is 22.6 Å². The van der Waals surface area contributed by atoms with Crippen molar-refractivity contribution in [3.63, 3.8) is 0 Å². The largest absolute Gasteiger partial charge is 0.496 e. The van der Waals surface area contributed by atoms with Gasteiger partial charge in [-0.05, 0) is 32.3 Å². The number of carboxylic acid groups (broad SMARTS) is 1. The number of ether oxygens (including phenoxy) is 3. The van der Waals surface area contributed by atoms with E-state index < -0.39 is 5.97 Å². The molecule has 1 heterocycles. The van der Waals surface area contributed by atoms with E-state index in [1.807, 2.05) is 19.9 Å². The van der Waals surface area contributed by atoms with E-state index >= 15 is 0 Å². The fraction of sp³-hybridized carbons (Fsp3) is 0.444. The van der Waals surface area contributed by atoms with Crippen LogP contribution in [0.2, 0.25) is 0 Å². The van der Waals surface area contributed by atoms with Gasteiger partial charge in [0.05, 0.1) is 14.2 Å². The van der Waals surface area contributed by atoms with Crippen LogP contribution in [0.4, 0.5) is 0 Å². The van der Waals surface area contributed by atoms with Crippen molar-refractivity contribution in [3.05, 3.63) is 33.9 Å². The number of hydrogen-bond acceptors (Lipinski definition) is 5. The quantitative estimate of drug-likeness (QED) is 0.610. The molecule has 6 nitrogen and oxygen atoms in total. The summed E-state index contributed by atoms with van der Waals surface area (Å²) in [5, 5.41) is 8.76. The Balaban J connectivity index is 2.43. The Bertz CT molecular complexity index is 702. The molecule has 0 saturated heterocycles. The zero-order valence-corrected chi connectivity index (χ0v) is 14.4. The second-order valence-corrected chi connectivity index (χ2v) is 5.75. The maximum absolute atomic E-state index is 12.0. The molecule has 0 aromatic heterocycles. The van der Waals surface area contributed by atoms with Crippen molar-refractivity contribution >= 4 is 11.9 Å². The van der Waals surface area contributed by atoms with Gasteiger partial charge in [0.15, 0.2) is 0 Å². The van der Waals surface area contributed by atoms with Crippen molar-refractivity contribution in [1.29, 1.82) is 0 Å². The van der Waals surface area contributed by atoms with Crippen LogP contribution >= 0.6 is 0 Å². The Hall–Kier alpha value is -2.50. The number of benzene rings is 1. The first-order chi connectivity index (χ1) is 11.4. The van der Waals surface area contributed by atoms with Crippen LogP contribution < -0.4 is 9.47 Å². The molecular weight excluding hydrogens is 312 g/mol. The molecule has 1 aliphatic heterocycles. The highest BCUT2D eigenvalue weighted by atomic mass is 16.5. The molecular formula is C18H22O6. The molecule has 1 aliphatic rings. The van der Waals surface area contributed by atoms with E-state index in [-0.39, 0.29) is 19.0 Å². The molecule has 0 spiro atoms. The van der Waals surface area contributed by atoms with Crippen molar-refractivity contribution < 1.29 is 28.9 Å². The number of esters is 1. The zero-order valence-electron chi connectivity index (χ0n) is 14.4. The molecule has 0 saturated carbocycles. The molecule has 1 N–H and O–H groups in total. The van der Waals surface area contributed by atoms with Crippen LogP contribution in [-0.4, -0.2) is 31.3 Å². The summed E-state index contributed by atoms with van der Waals surface area (Å²) in [6, 6.07) is 0. The molecule has 0 fully saturated rings. The molecule has 0 radical (unpaired) electrons. The minimum Gasteiger partial charge on any atom is -0.496 e. The van der Waals surface area contributed by atoms with E-state index in [4.69, 9.17) is 19.3 Å². The van der Waals surface area contributed by atoms with Gasteiger partial charge in [-0.3, -0.25) is 4.79 Å². The number of carbonyl (C=O) groups is 2. The molecule has 0 bridgehead atoms. The summed E-state index contributed by atoms with van der Waals surface area (Å²) in [6.45, 7) is 4.00. The number of cyclic esters (lactones) is 1. The first kappa shape index (κ1) is 17.8. The van der Waals surface area contributed by atoms with Crippen LogP contribution in [0.5, 0.6) is 11.5 Å². The van der Waals surface area contributed by atoms with Gasteiger partial charge in [0.2, 0.25) is 0 Å². The lowest BCUT2D eigenvalue weighted by Crippen LogP contribution is -2.06. The number of hydrogen-bond donors (Lipinski definition) is 1. The third kappa shape index (κ3) is 3.37. The molecule has 0 amide bonds. The summed E-state index contributed by atoms with van der Waals surface area (Å²) in [5.41, 5.74) is 3.85. The lowest BCUT2D eigenvalue weighted by Gasteiger charge is -2.18. The minimum atomic E-state index is -0.825. The van der Waals surface area contributed by atoms with Crippen molar-refractivity contribution in [2.45, 2.75) is 39.7 Å². The number of carboxylic acids is 1. The van der Waals surface area contributed by atoms with E-state index in [0.717, 1.165) is 22.3 Å². The Morgan fingerprint density at radius 2 is 1.92 bits per heavy atom. The first-order valence-corrected chi connectivity index (χ1v) is 7.71. The van der Waals surface area contributed by atoms with E-state index in [2.05, 4.69) is 0 Å². The second kappa shape index (κ2) is 7.38. The van der Waals surface area contributed by atoms with Gasteiger partial charge in [0, 0.05) is 17.5 Å². The van der Waals surface area contributed by atoms with Gasteiger partial charge in [-0.1, -0.05) is 11.6 Å². The number of aliphatic carboxylic acids is 1. The van der Waals surface area contributed by atoms with E-state index in [1.54, 1.807) is 7.11 Å². The Morgan fingerprint density at radius 3 is 2.50 bits per heavy atom. The monoisotopic (exact) mass is 334 g/mol. The summed E-state index contributed by atoms with van der Waals surface area (Å²) < 4.78 is 16.2. The second-order valence-electron chi connectivity index (χ2n) is 5.75. The minimum absolute atomic E-state index is 0.0894. The van der Waals surface area contributed by atoms with E-state index in [9.17, 15) is 9.59 Å². The summed E-state index contributed by atoms with van der Waals surface area (Å²) in [7, 11) is 3.09. The average molecular weight is 334 g/mol. The molecule has 1 aromatic carbocycles. The molecule has 2 rings (SSSR count). The fourth-order valence-corrected chi connectivity index (χ4v) is 2.92. The zero-order chi connectivity index (χ0) is 17.9. The smallest absolute Gasteiger partial charge is 0.342 e. The number of carbonyl (C=O) groups excluding carboxylic acids is 1. The topological polar surface area (TPSA) is 82.1 Å². The summed E-state index contributed by atoms with van der Waals surface area (Å²) in [6.07, 6.45) is 2.99. The van der Waals surface area contributed by atoms with Crippen LogP contribution in [0.1, 0.15) is 46.8 Å². The normalized spacial score (nSPS) is 13.5. The molecule has 1 aromatic rings. The molecule has 130 valence electrons. The third-order valence-corrected chi connectivity index (χ3v) is 4.22. The molecule has 6 heteroatoms. The van der Waals surface area contributed by atoms with Crippen LogP contribution in [0.15, 0.2) is 11.6 Å². The SMILES string of the molecule is COc1c(C)c2c(c(OC)c1CC=C(C)CCC(=O)O)C(=O)OC2. The van der Waals surface area contributed by atoms with Gasteiger partial charge < -0.3 is 19.3 Å². The van der Waals surface area contributed by atoms with E-state index in [0.29, 0.717) is 29.9 Å². The Morgan fingerprint density at radius 1 is 1.25 bits per heavy atom. The highest BCUT2D eigenvalue weighted by Crippen LogP contribution is 2.42. The van der Waals surface area contributed by atoms with Crippen molar-refractivity contribution in [3.8, 4) is 11.5 Å². The van der Waals surface area contributed by atoms with Crippen LogP contribution in [0.25, 0.3) is 0 Å².